The summed E-state index contributed by atoms with van der Waals surface area (Å²) in [4.78, 5) is 13.4. The van der Waals surface area contributed by atoms with Crippen LogP contribution >= 0.6 is 0 Å². The molecule has 0 saturated heterocycles. The standard InChI is InChI=1S/C18H17NO2/c1-19-16-7-6-12(8-13(16)10-17(19)20)18(21)15-9-11-4-2-3-5-14(11)15/h2-8,15,18,21H,9-10H2,1H3. The van der Waals surface area contributed by atoms with Gasteiger partial charge in [0.05, 0.1) is 12.5 Å². The highest BCUT2D eigenvalue weighted by Crippen LogP contribution is 2.44. The van der Waals surface area contributed by atoms with Crippen molar-refractivity contribution in [1.82, 2.24) is 0 Å². The van der Waals surface area contributed by atoms with Gasteiger partial charge in [0.15, 0.2) is 0 Å². The fraction of sp³-hybridized carbons (Fsp3) is 0.278. The van der Waals surface area contributed by atoms with Crippen LogP contribution in [-0.2, 0) is 17.6 Å². The zero-order valence-electron chi connectivity index (χ0n) is 11.9. The Morgan fingerprint density at radius 1 is 1.19 bits per heavy atom. The van der Waals surface area contributed by atoms with Gasteiger partial charge in [-0.2, -0.15) is 0 Å². The fourth-order valence-electron chi connectivity index (χ4n) is 3.49. The highest BCUT2D eigenvalue weighted by Gasteiger charge is 2.33. The van der Waals surface area contributed by atoms with Crippen LogP contribution < -0.4 is 4.90 Å². The molecule has 0 saturated carbocycles. The second-order valence-corrected chi connectivity index (χ2v) is 5.97. The maximum absolute atomic E-state index is 11.7. The summed E-state index contributed by atoms with van der Waals surface area (Å²) in [5.74, 6) is 0.291. The third kappa shape index (κ3) is 1.81. The van der Waals surface area contributed by atoms with Crippen LogP contribution in [-0.4, -0.2) is 18.1 Å². The Labute approximate surface area is 123 Å². The minimum Gasteiger partial charge on any atom is -0.388 e. The third-order valence-electron chi connectivity index (χ3n) is 4.80. The number of rotatable bonds is 2. The number of hydrogen-bond donors (Lipinski definition) is 1. The van der Waals surface area contributed by atoms with Crippen molar-refractivity contribution in [1.29, 1.82) is 0 Å². The number of carbonyl (C=O) groups is 1. The van der Waals surface area contributed by atoms with E-state index in [9.17, 15) is 9.90 Å². The first-order valence-electron chi connectivity index (χ1n) is 7.30. The molecule has 0 radical (unpaired) electrons. The van der Waals surface area contributed by atoms with Crippen LogP contribution in [0.4, 0.5) is 5.69 Å². The number of carbonyl (C=O) groups excluding carboxylic acids is 1. The van der Waals surface area contributed by atoms with E-state index in [4.69, 9.17) is 0 Å². The van der Waals surface area contributed by atoms with Gasteiger partial charge in [0, 0.05) is 18.7 Å². The molecule has 2 unspecified atom stereocenters. The molecule has 4 rings (SSSR count). The number of likely N-dealkylation sites (N-methyl/N-ethyl adjacent to an activating group) is 1. The summed E-state index contributed by atoms with van der Waals surface area (Å²) >= 11 is 0. The predicted octanol–water partition coefficient (Wildman–Crippen LogP) is 2.58. The Morgan fingerprint density at radius 2 is 2.00 bits per heavy atom. The van der Waals surface area contributed by atoms with Gasteiger partial charge in [-0.1, -0.05) is 36.4 Å². The van der Waals surface area contributed by atoms with Crippen LogP contribution in [0, 0.1) is 0 Å². The lowest BCUT2D eigenvalue weighted by molar-refractivity contribution is -0.117. The first kappa shape index (κ1) is 12.6. The topological polar surface area (TPSA) is 40.5 Å². The van der Waals surface area contributed by atoms with Gasteiger partial charge in [-0.15, -0.1) is 0 Å². The van der Waals surface area contributed by atoms with Crippen molar-refractivity contribution in [2.24, 2.45) is 0 Å². The number of benzene rings is 2. The molecule has 1 aliphatic carbocycles. The highest BCUT2D eigenvalue weighted by atomic mass is 16.3. The van der Waals surface area contributed by atoms with E-state index in [0.717, 1.165) is 23.2 Å². The molecule has 0 spiro atoms. The normalized spacial score (nSPS) is 20.8. The van der Waals surface area contributed by atoms with Gasteiger partial charge in [-0.05, 0) is 34.7 Å². The SMILES string of the molecule is CN1C(=O)Cc2cc(C(O)C3Cc4ccccc43)ccc21. The van der Waals surface area contributed by atoms with Gasteiger partial charge in [-0.25, -0.2) is 0 Å². The third-order valence-corrected chi connectivity index (χ3v) is 4.80. The number of aliphatic hydroxyl groups excluding tert-OH is 1. The number of anilines is 1. The largest absolute Gasteiger partial charge is 0.388 e. The van der Waals surface area contributed by atoms with Crippen LogP contribution in [0.15, 0.2) is 42.5 Å². The van der Waals surface area contributed by atoms with Gasteiger partial charge in [0.2, 0.25) is 5.91 Å². The zero-order chi connectivity index (χ0) is 14.6. The second kappa shape index (κ2) is 4.43. The van der Waals surface area contributed by atoms with Crippen molar-refractivity contribution in [2.75, 3.05) is 11.9 Å². The average molecular weight is 279 g/mol. The van der Waals surface area contributed by atoms with Crippen LogP contribution in [0.25, 0.3) is 0 Å². The summed E-state index contributed by atoms with van der Waals surface area (Å²) < 4.78 is 0. The van der Waals surface area contributed by atoms with Crippen molar-refractivity contribution in [2.45, 2.75) is 24.9 Å². The fourth-order valence-corrected chi connectivity index (χ4v) is 3.49. The maximum Gasteiger partial charge on any atom is 0.231 e. The molecule has 2 aromatic carbocycles. The van der Waals surface area contributed by atoms with Gasteiger partial charge in [0.1, 0.15) is 0 Å². The molecule has 0 aromatic heterocycles. The lowest BCUT2D eigenvalue weighted by atomic mass is 9.73. The van der Waals surface area contributed by atoms with Crippen molar-refractivity contribution in [3.63, 3.8) is 0 Å². The number of aliphatic hydroxyl groups is 1. The van der Waals surface area contributed by atoms with E-state index < -0.39 is 6.10 Å². The Morgan fingerprint density at radius 3 is 2.81 bits per heavy atom. The maximum atomic E-state index is 11.7. The van der Waals surface area contributed by atoms with E-state index in [2.05, 4.69) is 12.1 Å². The molecule has 2 aliphatic rings. The molecule has 21 heavy (non-hydrogen) atoms. The molecule has 0 bridgehead atoms. The van der Waals surface area contributed by atoms with Gasteiger partial charge in [0.25, 0.3) is 0 Å². The first-order chi connectivity index (χ1) is 10.1. The molecule has 1 heterocycles. The summed E-state index contributed by atoms with van der Waals surface area (Å²) in [5.41, 5.74) is 5.48. The van der Waals surface area contributed by atoms with Crippen molar-refractivity contribution in [3.05, 3.63) is 64.7 Å². The molecule has 3 heteroatoms. The van der Waals surface area contributed by atoms with E-state index in [0.29, 0.717) is 6.42 Å². The van der Waals surface area contributed by atoms with Crippen LogP contribution in [0.3, 0.4) is 0 Å². The number of nitrogens with zero attached hydrogens (tertiary/aromatic N) is 1. The van der Waals surface area contributed by atoms with Gasteiger partial charge in [-0.3, -0.25) is 4.79 Å². The number of fused-ring (bicyclic) bond motifs is 2. The summed E-state index contributed by atoms with van der Waals surface area (Å²) in [6.45, 7) is 0. The predicted molar refractivity (Wildman–Crippen MR) is 81.4 cm³/mol. The van der Waals surface area contributed by atoms with E-state index in [-0.39, 0.29) is 11.8 Å². The quantitative estimate of drug-likeness (QED) is 0.918. The minimum atomic E-state index is -0.494. The number of hydrogen-bond acceptors (Lipinski definition) is 2. The monoisotopic (exact) mass is 279 g/mol. The molecule has 2 aromatic rings. The van der Waals surface area contributed by atoms with Crippen LogP contribution in [0.5, 0.6) is 0 Å². The summed E-state index contributed by atoms with van der Waals surface area (Å²) in [6, 6.07) is 14.2. The second-order valence-electron chi connectivity index (χ2n) is 5.97. The molecular formula is C18H17NO2. The van der Waals surface area contributed by atoms with E-state index >= 15 is 0 Å². The lowest BCUT2D eigenvalue weighted by Crippen LogP contribution is -2.23. The first-order valence-corrected chi connectivity index (χ1v) is 7.30. The van der Waals surface area contributed by atoms with Crippen LogP contribution in [0.2, 0.25) is 0 Å². The van der Waals surface area contributed by atoms with Crippen molar-refractivity contribution in [3.8, 4) is 0 Å². The minimum absolute atomic E-state index is 0.116. The number of amides is 1. The molecule has 0 fully saturated rings. The van der Waals surface area contributed by atoms with Crippen LogP contribution in [0.1, 0.15) is 34.3 Å². The van der Waals surface area contributed by atoms with Crippen molar-refractivity contribution < 1.29 is 9.90 Å². The Kier molecular flexibility index (Phi) is 2.66. The van der Waals surface area contributed by atoms with Crippen molar-refractivity contribution >= 4 is 11.6 Å². The average Bonchev–Trinajstić information content (AvgIpc) is 2.75. The zero-order valence-corrected chi connectivity index (χ0v) is 11.9. The van der Waals surface area contributed by atoms with Gasteiger partial charge < -0.3 is 10.0 Å². The Balaban J connectivity index is 1.64. The van der Waals surface area contributed by atoms with Gasteiger partial charge >= 0.3 is 0 Å². The van der Waals surface area contributed by atoms with E-state index in [1.54, 1.807) is 11.9 Å². The summed E-state index contributed by atoms with van der Waals surface area (Å²) in [6.07, 6.45) is 0.868. The highest BCUT2D eigenvalue weighted by molar-refractivity contribution is 6.00. The Hall–Kier alpha value is -2.13. The molecule has 2 atom stereocenters. The summed E-state index contributed by atoms with van der Waals surface area (Å²) in [5, 5.41) is 10.7. The molecule has 3 nitrogen and oxygen atoms in total. The van der Waals surface area contributed by atoms with E-state index in [1.165, 1.54) is 11.1 Å². The Bertz CT molecular complexity index is 738. The molecule has 106 valence electrons. The molecule has 1 N–H and O–H groups in total. The molecule has 1 aliphatic heterocycles. The molecular weight excluding hydrogens is 262 g/mol. The molecule has 1 amide bonds. The smallest absolute Gasteiger partial charge is 0.231 e. The summed E-state index contributed by atoms with van der Waals surface area (Å²) in [7, 11) is 1.80. The van der Waals surface area contributed by atoms with E-state index in [1.807, 2.05) is 30.3 Å². The lowest BCUT2D eigenvalue weighted by Gasteiger charge is -2.34.